The summed E-state index contributed by atoms with van der Waals surface area (Å²) in [7, 11) is 4.13. The van der Waals surface area contributed by atoms with Crippen LogP contribution in [0.2, 0.25) is 0 Å². The van der Waals surface area contributed by atoms with Crippen LogP contribution in [-0.2, 0) is 6.54 Å². The van der Waals surface area contributed by atoms with E-state index >= 15 is 0 Å². The van der Waals surface area contributed by atoms with Crippen LogP contribution in [-0.4, -0.2) is 38.2 Å². The van der Waals surface area contributed by atoms with E-state index in [0.717, 1.165) is 31.5 Å². The molecule has 2 rings (SSSR count). The van der Waals surface area contributed by atoms with E-state index in [9.17, 15) is 0 Å². The van der Waals surface area contributed by atoms with Crippen molar-refractivity contribution in [1.82, 2.24) is 10.2 Å². The fourth-order valence-corrected chi connectivity index (χ4v) is 1.91. The second kappa shape index (κ2) is 6.03. The molecule has 1 fully saturated rings. The Kier molecular flexibility index (Phi) is 4.40. The van der Waals surface area contributed by atoms with E-state index in [-0.39, 0.29) is 0 Å². The van der Waals surface area contributed by atoms with Crippen molar-refractivity contribution in [3.8, 4) is 5.75 Å². The van der Waals surface area contributed by atoms with Gasteiger partial charge in [0.15, 0.2) is 0 Å². The van der Waals surface area contributed by atoms with Crippen LogP contribution in [0.5, 0.6) is 5.75 Å². The normalized spacial score (nSPS) is 15.2. The number of likely N-dealkylation sites (N-methyl/N-ethyl adjacent to an activating group) is 1. The topological polar surface area (TPSA) is 24.5 Å². The van der Waals surface area contributed by atoms with Gasteiger partial charge in [0, 0.05) is 19.1 Å². The molecule has 0 aliphatic heterocycles. The van der Waals surface area contributed by atoms with Crippen LogP contribution < -0.4 is 10.1 Å². The van der Waals surface area contributed by atoms with Crippen molar-refractivity contribution in [2.45, 2.75) is 25.4 Å². The Morgan fingerprint density at radius 1 is 1.29 bits per heavy atom. The van der Waals surface area contributed by atoms with Crippen molar-refractivity contribution in [2.24, 2.45) is 0 Å². The summed E-state index contributed by atoms with van der Waals surface area (Å²) in [5, 5.41) is 3.13. The summed E-state index contributed by atoms with van der Waals surface area (Å²) in [4.78, 5) is 2.38. The van der Waals surface area contributed by atoms with E-state index < -0.39 is 0 Å². The molecule has 1 aliphatic carbocycles. The zero-order valence-electron chi connectivity index (χ0n) is 10.8. The van der Waals surface area contributed by atoms with Crippen LogP contribution in [0, 0.1) is 0 Å². The van der Waals surface area contributed by atoms with Gasteiger partial charge in [0.1, 0.15) is 12.4 Å². The van der Waals surface area contributed by atoms with Gasteiger partial charge in [-0.05, 0) is 44.6 Å². The second-order valence-electron chi connectivity index (χ2n) is 4.73. The van der Waals surface area contributed by atoms with Gasteiger partial charge in [-0.25, -0.2) is 0 Å². The second-order valence-corrected chi connectivity index (χ2v) is 4.73. The van der Waals surface area contributed by atoms with E-state index in [2.05, 4.69) is 29.4 Å². The van der Waals surface area contributed by atoms with Gasteiger partial charge in [-0.3, -0.25) is 0 Å². The first-order chi connectivity index (χ1) is 8.29. The molecule has 1 aromatic carbocycles. The maximum atomic E-state index is 5.73. The van der Waals surface area contributed by atoms with E-state index in [0.29, 0.717) is 0 Å². The number of rotatable bonds is 7. The maximum absolute atomic E-state index is 5.73. The summed E-state index contributed by atoms with van der Waals surface area (Å²) < 4.78 is 5.73. The van der Waals surface area contributed by atoms with E-state index in [1.54, 1.807) is 0 Å². The van der Waals surface area contributed by atoms with Crippen LogP contribution in [0.4, 0.5) is 0 Å². The zero-order chi connectivity index (χ0) is 12.1. The number of ether oxygens (including phenoxy) is 1. The molecule has 0 bridgehead atoms. The molecule has 1 N–H and O–H groups in total. The fourth-order valence-electron chi connectivity index (χ4n) is 1.91. The van der Waals surface area contributed by atoms with Crippen molar-refractivity contribution in [1.29, 1.82) is 0 Å². The van der Waals surface area contributed by atoms with Crippen LogP contribution in [0.15, 0.2) is 24.3 Å². The van der Waals surface area contributed by atoms with Gasteiger partial charge in [0.05, 0.1) is 0 Å². The summed E-state index contributed by atoms with van der Waals surface area (Å²) in [6, 6.07) is 9.12. The lowest BCUT2D eigenvalue weighted by molar-refractivity contribution is 0.232. The van der Waals surface area contributed by atoms with Gasteiger partial charge in [0.2, 0.25) is 0 Å². The standard InChI is InChI=1S/C14H22N2O/c1-15-11-12-3-7-14(8-4-12)17-10-9-16(2)13-5-6-13/h3-4,7-8,13,15H,5-6,9-11H2,1-2H3. The van der Waals surface area contributed by atoms with E-state index in [1.165, 1.54) is 18.4 Å². The molecule has 17 heavy (non-hydrogen) atoms. The molecule has 0 heterocycles. The number of hydrogen-bond acceptors (Lipinski definition) is 3. The Balaban J connectivity index is 1.70. The molecule has 1 aromatic rings. The van der Waals surface area contributed by atoms with Crippen LogP contribution >= 0.6 is 0 Å². The first-order valence-electron chi connectivity index (χ1n) is 6.36. The van der Waals surface area contributed by atoms with Gasteiger partial charge < -0.3 is 15.0 Å². The highest BCUT2D eigenvalue weighted by molar-refractivity contribution is 5.27. The average Bonchev–Trinajstić information content (AvgIpc) is 3.15. The fraction of sp³-hybridized carbons (Fsp3) is 0.571. The van der Waals surface area contributed by atoms with Gasteiger partial charge >= 0.3 is 0 Å². The van der Waals surface area contributed by atoms with E-state index in [4.69, 9.17) is 4.74 Å². The molecule has 3 heteroatoms. The molecule has 3 nitrogen and oxygen atoms in total. The molecule has 0 spiro atoms. The first-order valence-corrected chi connectivity index (χ1v) is 6.36. The number of hydrogen-bond donors (Lipinski definition) is 1. The largest absolute Gasteiger partial charge is 0.492 e. The summed E-state index contributed by atoms with van der Waals surface area (Å²) in [5.41, 5.74) is 1.29. The van der Waals surface area contributed by atoms with Crippen molar-refractivity contribution < 1.29 is 4.74 Å². The highest BCUT2D eigenvalue weighted by atomic mass is 16.5. The molecule has 1 saturated carbocycles. The molecule has 0 radical (unpaired) electrons. The Morgan fingerprint density at radius 3 is 2.59 bits per heavy atom. The highest BCUT2D eigenvalue weighted by Crippen LogP contribution is 2.24. The molecular formula is C14H22N2O. The summed E-state index contributed by atoms with van der Waals surface area (Å²) in [5.74, 6) is 0.967. The Morgan fingerprint density at radius 2 is 2.00 bits per heavy atom. The van der Waals surface area contributed by atoms with Gasteiger partial charge in [-0.1, -0.05) is 12.1 Å². The SMILES string of the molecule is CNCc1ccc(OCCN(C)C2CC2)cc1. The first kappa shape index (κ1) is 12.4. The summed E-state index contributed by atoms with van der Waals surface area (Å²) in [6.45, 7) is 2.70. The molecule has 0 saturated heterocycles. The van der Waals surface area contributed by atoms with Gasteiger partial charge in [-0.2, -0.15) is 0 Å². The lowest BCUT2D eigenvalue weighted by Crippen LogP contribution is -2.26. The lowest BCUT2D eigenvalue weighted by atomic mass is 10.2. The Labute approximate surface area is 104 Å². The molecule has 1 aliphatic rings. The smallest absolute Gasteiger partial charge is 0.119 e. The van der Waals surface area contributed by atoms with Gasteiger partial charge in [-0.15, -0.1) is 0 Å². The lowest BCUT2D eigenvalue weighted by Gasteiger charge is -2.15. The van der Waals surface area contributed by atoms with Gasteiger partial charge in [0.25, 0.3) is 0 Å². The Hall–Kier alpha value is -1.06. The third kappa shape index (κ3) is 4.02. The van der Waals surface area contributed by atoms with Crippen molar-refractivity contribution >= 4 is 0 Å². The molecule has 0 amide bonds. The number of nitrogens with zero attached hydrogens (tertiary/aromatic N) is 1. The van der Waals surface area contributed by atoms with Crippen LogP contribution in [0.25, 0.3) is 0 Å². The monoisotopic (exact) mass is 234 g/mol. The summed E-state index contributed by atoms with van der Waals surface area (Å²) in [6.07, 6.45) is 2.71. The quantitative estimate of drug-likeness (QED) is 0.779. The van der Waals surface area contributed by atoms with Crippen molar-refractivity contribution in [3.05, 3.63) is 29.8 Å². The number of nitrogens with one attached hydrogen (secondary N) is 1. The third-order valence-electron chi connectivity index (χ3n) is 3.19. The predicted octanol–water partition coefficient (Wildman–Crippen LogP) is 1.88. The molecule has 0 atom stereocenters. The molecule has 0 unspecified atom stereocenters. The van der Waals surface area contributed by atoms with Crippen molar-refractivity contribution in [2.75, 3.05) is 27.2 Å². The highest BCUT2D eigenvalue weighted by Gasteiger charge is 2.25. The maximum Gasteiger partial charge on any atom is 0.119 e. The predicted molar refractivity (Wildman–Crippen MR) is 70.4 cm³/mol. The minimum absolute atomic E-state index is 0.776. The van der Waals surface area contributed by atoms with E-state index in [1.807, 2.05) is 19.2 Å². The summed E-state index contributed by atoms with van der Waals surface area (Å²) >= 11 is 0. The zero-order valence-corrected chi connectivity index (χ0v) is 10.8. The average molecular weight is 234 g/mol. The minimum atomic E-state index is 0.776. The Bertz CT molecular complexity index is 333. The minimum Gasteiger partial charge on any atom is -0.492 e. The van der Waals surface area contributed by atoms with Crippen LogP contribution in [0.1, 0.15) is 18.4 Å². The molecule has 0 aromatic heterocycles. The number of benzene rings is 1. The van der Waals surface area contributed by atoms with Crippen molar-refractivity contribution in [3.63, 3.8) is 0 Å². The third-order valence-corrected chi connectivity index (χ3v) is 3.19. The van der Waals surface area contributed by atoms with Crippen LogP contribution in [0.3, 0.4) is 0 Å². The molecular weight excluding hydrogens is 212 g/mol. The molecule has 94 valence electrons.